The minimum absolute atomic E-state index is 0.0551. The Kier molecular flexibility index (Phi) is 5.75. The molecular weight excluding hydrogens is 299 g/mol. The third-order valence-corrected chi connectivity index (χ3v) is 2.82. The third-order valence-electron chi connectivity index (χ3n) is 2.36. The highest BCUT2D eigenvalue weighted by Gasteiger charge is 2.12. The van der Waals surface area contributed by atoms with Crippen molar-refractivity contribution >= 4 is 21.8 Å². The van der Waals surface area contributed by atoms with E-state index in [9.17, 15) is 9.18 Å². The van der Waals surface area contributed by atoms with Crippen LogP contribution in [0.1, 0.15) is 26.3 Å². The van der Waals surface area contributed by atoms with Crippen molar-refractivity contribution < 1.29 is 9.18 Å². The van der Waals surface area contributed by atoms with E-state index in [4.69, 9.17) is 0 Å². The molecule has 1 atom stereocenters. The number of halogens is 2. The van der Waals surface area contributed by atoms with E-state index in [1.54, 1.807) is 6.92 Å². The predicted octanol–water partition coefficient (Wildman–Crippen LogP) is 2.59. The van der Waals surface area contributed by atoms with Gasteiger partial charge >= 0.3 is 0 Å². The van der Waals surface area contributed by atoms with Crippen molar-refractivity contribution in [3.8, 4) is 0 Å². The molecule has 0 saturated heterocycles. The lowest BCUT2D eigenvalue weighted by Gasteiger charge is -2.16. The Morgan fingerprint density at radius 3 is 2.56 bits per heavy atom. The number of rotatable bonds is 5. The topological polar surface area (TPSA) is 41.1 Å². The van der Waals surface area contributed by atoms with Crippen molar-refractivity contribution in [3.63, 3.8) is 0 Å². The molecule has 0 spiro atoms. The quantitative estimate of drug-likeness (QED) is 0.876. The van der Waals surface area contributed by atoms with Gasteiger partial charge < -0.3 is 10.6 Å². The lowest BCUT2D eigenvalue weighted by atomic mass is 10.2. The molecule has 0 fully saturated rings. The summed E-state index contributed by atoms with van der Waals surface area (Å²) in [6.45, 7) is 6.05. The summed E-state index contributed by atoms with van der Waals surface area (Å²) in [7, 11) is 0. The number of carbonyl (C=O) groups excluding carboxylic acids is 1. The molecule has 1 aromatic carbocycles. The number of carbonyl (C=O) groups is 1. The summed E-state index contributed by atoms with van der Waals surface area (Å²) in [5, 5.41) is 5.88. The first-order valence-electron chi connectivity index (χ1n) is 5.87. The van der Waals surface area contributed by atoms with E-state index < -0.39 is 0 Å². The van der Waals surface area contributed by atoms with Crippen LogP contribution in [0.4, 0.5) is 4.39 Å². The smallest absolute Gasteiger partial charge is 0.237 e. The van der Waals surface area contributed by atoms with Crippen molar-refractivity contribution in [2.45, 2.75) is 39.4 Å². The van der Waals surface area contributed by atoms with Crippen LogP contribution in [-0.4, -0.2) is 18.0 Å². The van der Waals surface area contributed by atoms with Gasteiger partial charge in [-0.05, 0) is 44.5 Å². The van der Waals surface area contributed by atoms with Crippen LogP contribution in [0.3, 0.4) is 0 Å². The Bertz CT molecular complexity index is 403. The molecule has 0 saturated carbocycles. The van der Waals surface area contributed by atoms with Crippen LogP contribution >= 0.6 is 15.9 Å². The van der Waals surface area contributed by atoms with E-state index in [1.165, 1.54) is 12.1 Å². The maximum Gasteiger partial charge on any atom is 0.237 e. The van der Waals surface area contributed by atoms with Gasteiger partial charge in [-0.1, -0.05) is 15.9 Å². The van der Waals surface area contributed by atoms with Crippen LogP contribution in [0.25, 0.3) is 0 Å². The summed E-state index contributed by atoms with van der Waals surface area (Å²) >= 11 is 3.23. The van der Waals surface area contributed by atoms with Crippen molar-refractivity contribution in [2.75, 3.05) is 0 Å². The van der Waals surface area contributed by atoms with Crippen LogP contribution in [0, 0.1) is 5.82 Å². The summed E-state index contributed by atoms with van der Waals surface area (Å²) in [6.07, 6.45) is 0. The normalized spacial score (nSPS) is 12.6. The van der Waals surface area contributed by atoms with Gasteiger partial charge in [0.2, 0.25) is 5.91 Å². The molecule has 0 bridgehead atoms. The molecule has 18 heavy (non-hydrogen) atoms. The van der Waals surface area contributed by atoms with Gasteiger partial charge in [0.1, 0.15) is 5.82 Å². The van der Waals surface area contributed by atoms with Gasteiger partial charge in [0.25, 0.3) is 0 Å². The summed E-state index contributed by atoms with van der Waals surface area (Å²) in [4.78, 5) is 11.7. The molecule has 1 rings (SSSR count). The molecule has 1 unspecified atom stereocenters. The van der Waals surface area contributed by atoms with Crippen LogP contribution in [0.15, 0.2) is 22.7 Å². The van der Waals surface area contributed by atoms with Crippen LogP contribution < -0.4 is 10.6 Å². The molecule has 3 nitrogen and oxygen atoms in total. The van der Waals surface area contributed by atoms with Gasteiger partial charge in [0.15, 0.2) is 0 Å². The molecule has 1 amide bonds. The van der Waals surface area contributed by atoms with Gasteiger partial charge in [-0.15, -0.1) is 0 Å². The Morgan fingerprint density at radius 2 is 2.00 bits per heavy atom. The number of benzene rings is 1. The van der Waals surface area contributed by atoms with Gasteiger partial charge in [-0.3, -0.25) is 4.79 Å². The minimum atomic E-state index is -0.311. The van der Waals surface area contributed by atoms with E-state index in [0.29, 0.717) is 11.0 Å². The number of amides is 1. The van der Waals surface area contributed by atoms with Gasteiger partial charge in [-0.25, -0.2) is 4.39 Å². The van der Waals surface area contributed by atoms with E-state index in [0.717, 1.165) is 5.56 Å². The van der Waals surface area contributed by atoms with Crippen molar-refractivity contribution in [1.82, 2.24) is 10.6 Å². The summed E-state index contributed by atoms with van der Waals surface area (Å²) < 4.78 is 13.8. The molecule has 5 heteroatoms. The second-order valence-corrected chi connectivity index (χ2v) is 5.46. The molecule has 2 N–H and O–H groups in total. The third kappa shape index (κ3) is 5.14. The zero-order valence-corrected chi connectivity index (χ0v) is 12.3. The second-order valence-electron chi connectivity index (χ2n) is 4.54. The zero-order chi connectivity index (χ0) is 13.7. The lowest BCUT2D eigenvalue weighted by molar-refractivity contribution is -0.123. The van der Waals surface area contributed by atoms with Crippen LogP contribution in [0.2, 0.25) is 0 Å². The summed E-state index contributed by atoms with van der Waals surface area (Å²) in [5.41, 5.74) is 0.797. The van der Waals surface area contributed by atoms with Gasteiger partial charge in [-0.2, -0.15) is 0 Å². The molecule has 0 heterocycles. The number of hydrogen-bond donors (Lipinski definition) is 2. The van der Waals surface area contributed by atoms with E-state index in [-0.39, 0.29) is 23.8 Å². The molecule has 0 radical (unpaired) electrons. The number of nitrogens with one attached hydrogen (secondary N) is 2. The summed E-state index contributed by atoms with van der Waals surface area (Å²) in [5.74, 6) is -0.346. The standard InChI is InChI=1S/C13H18BrFN2O/c1-8(2)17-13(18)9(3)16-7-10-4-11(14)6-12(15)5-10/h4-6,8-9,16H,7H2,1-3H3,(H,17,18). The SMILES string of the molecule is CC(C)NC(=O)C(C)NCc1cc(F)cc(Br)c1. The highest BCUT2D eigenvalue weighted by Crippen LogP contribution is 2.14. The van der Waals surface area contributed by atoms with Crippen molar-refractivity contribution in [3.05, 3.63) is 34.1 Å². The molecule has 0 aliphatic carbocycles. The Morgan fingerprint density at radius 1 is 1.33 bits per heavy atom. The van der Waals surface area contributed by atoms with E-state index >= 15 is 0 Å². The molecule has 100 valence electrons. The zero-order valence-electron chi connectivity index (χ0n) is 10.8. The fourth-order valence-electron chi connectivity index (χ4n) is 1.49. The Hall–Kier alpha value is -0.940. The minimum Gasteiger partial charge on any atom is -0.353 e. The Balaban J connectivity index is 2.51. The first-order valence-corrected chi connectivity index (χ1v) is 6.66. The fraction of sp³-hybridized carbons (Fsp3) is 0.462. The monoisotopic (exact) mass is 316 g/mol. The summed E-state index contributed by atoms with van der Waals surface area (Å²) in [6, 6.07) is 4.48. The molecule has 0 aromatic heterocycles. The second kappa shape index (κ2) is 6.85. The predicted molar refractivity (Wildman–Crippen MR) is 73.7 cm³/mol. The van der Waals surface area contributed by atoms with Crippen LogP contribution in [-0.2, 0) is 11.3 Å². The fourth-order valence-corrected chi connectivity index (χ4v) is 2.00. The maximum atomic E-state index is 13.1. The first-order chi connectivity index (χ1) is 8.38. The van der Waals surface area contributed by atoms with Crippen LogP contribution in [0.5, 0.6) is 0 Å². The average molecular weight is 317 g/mol. The van der Waals surface area contributed by atoms with Gasteiger partial charge in [0, 0.05) is 17.1 Å². The first kappa shape index (κ1) is 15.1. The molecule has 0 aliphatic heterocycles. The highest BCUT2D eigenvalue weighted by molar-refractivity contribution is 9.10. The largest absolute Gasteiger partial charge is 0.353 e. The van der Waals surface area contributed by atoms with Crippen molar-refractivity contribution in [1.29, 1.82) is 0 Å². The Labute approximate surface area is 115 Å². The van der Waals surface area contributed by atoms with Gasteiger partial charge in [0.05, 0.1) is 6.04 Å². The maximum absolute atomic E-state index is 13.1. The number of hydrogen-bond acceptors (Lipinski definition) is 2. The lowest BCUT2D eigenvalue weighted by Crippen LogP contribution is -2.44. The highest BCUT2D eigenvalue weighted by atomic mass is 79.9. The molecule has 1 aromatic rings. The van der Waals surface area contributed by atoms with E-state index in [1.807, 2.05) is 19.9 Å². The molecular formula is C13H18BrFN2O. The average Bonchev–Trinajstić information content (AvgIpc) is 2.23. The van der Waals surface area contributed by atoms with Crippen molar-refractivity contribution in [2.24, 2.45) is 0 Å². The van der Waals surface area contributed by atoms with E-state index in [2.05, 4.69) is 26.6 Å². The molecule has 0 aliphatic rings.